The van der Waals surface area contributed by atoms with Gasteiger partial charge in [-0.25, -0.2) is 0 Å². The minimum Gasteiger partial charge on any atom is -0.390 e. The van der Waals surface area contributed by atoms with Crippen LogP contribution in [0.5, 0.6) is 0 Å². The number of aliphatic hydroxyl groups is 1. The van der Waals surface area contributed by atoms with E-state index in [1.165, 1.54) is 11.1 Å². The molecule has 0 aliphatic rings. The van der Waals surface area contributed by atoms with Crippen molar-refractivity contribution in [1.82, 2.24) is 10.2 Å². The van der Waals surface area contributed by atoms with Crippen LogP contribution in [0.2, 0.25) is 0 Å². The molecule has 0 fully saturated rings. The fourth-order valence-electron chi connectivity index (χ4n) is 2.47. The Kier molecular flexibility index (Phi) is 6.41. The summed E-state index contributed by atoms with van der Waals surface area (Å²) >= 11 is 0. The fourth-order valence-corrected chi connectivity index (χ4v) is 2.47. The fraction of sp³-hybridized carbons (Fsp3) is 0.333. The topological polar surface area (TPSA) is 35.5 Å². The number of aliphatic hydroxyl groups excluding tert-OH is 1. The second kappa shape index (κ2) is 8.57. The lowest BCUT2D eigenvalue weighted by atomic mass is 10.1. The molecule has 0 aliphatic heterocycles. The van der Waals surface area contributed by atoms with E-state index in [-0.39, 0.29) is 6.10 Å². The van der Waals surface area contributed by atoms with E-state index in [9.17, 15) is 5.11 Å². The highest BCUT2D eigenvalue weighted by molar-refractivity contribution is 5.17. The number of hydrogen-bond donors (Lipinski definition) is 2. The van der Waals surface area contributed by atoms with E-state index in [4.69, 9.17) is 0 Å². The van der Waals surface area contributed by atoms with Gasteiger partial charge in [-0.3, -0.25) is 4.90 Å². The van der Waals surface area contributed by atoms with Crippen molar-refractivity contribution in [1.29, 1.82) is 0 Å². The molecule has 2 aromatic carbocycles. The lowest BCUT2D eigenvalue weighted by molar-refractivity contribution is 0.105. The second-order valence-corrected chi connectivity index (χ2v) is 5.35. The van der Waals surface area contributed by atoms with Crippen LogP contribution < -0.4 is 5.32 Å². The van der Waals surface area contributed by atoms with Crippen LogP contribution in [0, 0.1) is 0 Å². The first-order chi connectivity index (χ1) is 10.3. The summed E-state index contributed by atoms with van der Waals surface area (Å²) < 4.78 is 0. The third kappa shape index (κ3) is 5.68. The van der Waals surface area contributed by atoms with Gasteiger partial charge in [0.15, 0.2) is 0 Å². The molecule has 0 aliphatic carbocycles. The summed E-state index contributed by atoms with van der Waals surface area (Å²) in [7, 11) is 1.86. The predicted molar refractivity (Wildman–Crippen MR) is 86.9 cm³/mol. The lowest BCUT2D eigenvalue weighted by Gasteiger charge is -2.25. The van der Waals surface area contributed by atoms with Gasteiger partial charge >= 0.3 is 0 Å². The van der Waals surface area contributed by atoms with Crippen LogP contribution in [0.15, 0.2) is 60.7 Å². The van der Waals surface area contributed by atoms with Gasteiger partial charge in [-0.05, 0) is 18.2 Å². The minimum absolute atomic E-state index is 0.359. The maximum absolute atomic E-state index is 10.1. The Morgan fingerprint density at radius 2 is 1.38 bits per heavy atom. The van der Waals surface area contributed by atoms with E-state index in [0.717, 1.165) is 13.1 Å². The van der Waals surface area contributed by atoms with E-state index in [0.29, 0.717) is 13.1 Å². The summed E-state index contributed by atoms with van der Waals surface area (Å²) in [5, 5.41) is 13.1. The number of hydrogen-bond acceptors (Lipinski definition) is 3. The van der Waals surface area contributed by atoms with Crippen molar-refractivity contribution in [3.05, 3.63) is 71.8 Å². The summed E-state index contributed by atoms with van der Waals surface area (Å²) in [4.78, 5) is 2.28. The molecule has 2 rings (SSSR count). The van der Waals surface area contributed by atoms with Crippen molar-refractivity contribution in [2.75, 3.05) is 20.1 Å². The molecule has 112 valence electrons. The summed E-state index contributed by atoms with van der Waals surface area (Å²) in [5.74, 6) is 0. The number of nitrogens with zero attached hydrogens (tertiary/aromatic N) is 1. The molecule has 0 bridgehead atoms. The average molecular weight is 284 g/mol. The highest BCUT2D eigenvalue weighted by atomic mass is 16.3. The van der Waals surface area contributed by atoms with Crippen molar-refractivity contribution in [2.45, 2.75) is 19.2 Å². The first kappa shape index (κ1) is 15.7. The van der Waals surface area contributed by atoms with E-state index in [1.54, 1.807) is 0 Å². The molecule has 3 heteroatoms. The van der Waals surface area contributed by atoms with Crippen molar-refractivity contribution in [3.63, 3.8) is 0 Å². The standard InChI is InChI=1S/C18H24N2O/c1-19-12-18(21)15-20(13-16-8-4-2-5-9-16)14-17-10-6-3-7-11-17/h2-11,18-19,21H,12-15H2,1H3. The smallest absolute Gasteiger partial charge is 0.0791 e. The molecule has 0 radical (unpaired) electrons. The third-order valence-electron chi connectivity index (χ3n) is 3.41. The van der Waals surface area contributed by atoms with Gasteiger partial charge < -0.3 is 10.4 Å². The molecule has 0 aromatic heterocycles. The monoisotopic (exact) mass is 284 g/mol. The maximum atomic E-state index is 10.1. The molecule has 0 saturated heterocycles. The molecule has 21 heavy (non-hydrogen) atoms. The van der Waals surface area contributed by atoms with Crippen LogP contribution in [-0.2, 0) is 13.1 Å². The summed E-state index contributed by atoms with van der Waals surface area (Å²) in [6.45, 7) is 2.96. The summed E-state index contributed by atoms with van der Waals surface area (Å²) in [6.07, 6.45) is -0.359. The van der Waals surface area contributed by atoms with E-state index >= 15 is 0 Å². The maximum Gasteiger partial charge on any atom is 0.0791 e. The van der Waals surface area contributed by atoms with Crippen LogP contribution in [0.1, 0.15) is 11.1 Å². The Balaban J connectivity index is 2.02. The largest absolute Gasteiger partial charge is 0.390 e. The summed E-state index contributed by atoms with van der Waals surface area (Å²) in [6, 6.07) is 20.8. The normalized spacial score (nSPS) is 12.5. The van der Waals surface area contributed by atoms with Gasteiger partial charge in [0.25, 0.3) is 0 Å². The Labute approximate surface area is 127 Å². The molecule has 2 aromatic rings. The van der Waals surface area contributed by atoms with Crippen LogP contribution in [0.3, 0.4) is 0 Å². The Morgan fingerprint density at radius 1 is 0.905 bits per heavy atom. The lowest BCUT2D eigenvalue weighted by Crippen LogP contribution is -2.36. The van der Waals surface area contributed by atoms with Gasteiger partial charge in [0.2, 0.25) is 0 Å². The van der Waals surface area contributed by atoms with Gasteiger partial charge in [0.05, 0.1) is 6.10 Å². The first-order valence-corrected chi connectivity index (χ1v) is 7.41. The van der Waals surface area contributed by atoms with Gasteiger partial charge in [0, 0.05) is 26.2 Å². The molecular formula is C18H24N2O. The zero-order valence-electron chi connectivity index (χ0n) is 12.6. The third-order valence-corrected chi connectivity index (χ3v) is 3.41. The second-order valence-electron chi connectivity index (χ2n) is 5.35. The van der Waals surface area contributed by atoms with Crippen molar-refractivity contribution >= 4 is 0 Å². The highest BCUT2D eigenvalue weighted by Crippen LogP contribution is 2.10. The molecule has 2 N–H and O–H groups in total. The van der Waals surface area contributed by atoms with Gasteiger partial charge in [-0.2, -0.15) is 0 Å². The molecular weight excluding hydrogens is 260 g/mol. The molecule has 0 saturated carbocycles. The highest BCUT2D eigenvalue weighted by Gasteiger charge is 2.12. The quantitative estimate of drug-likeness (QED) is 0.780. The van der Waals surface area contributed by atoms with Crippen LogP contribution in [-0.4, -0.2) is 36.2 Å². The summed E-state index contributed by atoms with van der Waals surface area (Å²) in [5.41, 5.74) is 2.54. The zero-order chi connectivity index (χ0) is 14.9. The minimum atomic E-state index is -0.359. The number of rotatable bonds is 8. The van der Waals surface area contributed by atoms with Gasteiger partial charge in [-0.15, -0.1) is 0 Å². The van der Waals surface area contributed by atoms with E-state index in [1.807, 2.05) is 19.2 Å². The molecule has 0 spiro atoms. The molecule has 1 unspecified atom stereocenters. The van der Waals surface area contributed by atoms with Crippen molar-refractivity contribution in [2.24, 2.45) is 0 Å². The Bertz CT molecular complexity index is 460. The Hall–Kier alpha value is -1.68. The van der Waals surface area contributed by atoms with E-state index in [2.05, 4.69) is 58.7 Å². The number of likely N-dealkylation sites (N-methyl/N-ethyl adjacent to an activating group) is 1. The molecule has 0 heterocycles. The average Bonchev–Trinajstić information content (AvgIpc) is 2.49. The van der Waals surface area contributed by atoms with E-state index < -0.39 is 0 Å². The van der Waals surface area contributed by atoms with Gasteiger partial charge in [-0.1, -0.05) is 60.7 Å². The van der Waals surface area contributed by atoms with Crippen molar-refractivity contribution in [3.8, 4) is 0 Å². The number of nitrogens with one attached hydrogen (secondary N) is 1. The molecule has 1 atom stereocenters. The van der Waals surface area contributed by atoms with Crippen LogP contribution >= 0.6 is 0 Å². The zero-order valence-corrected chi connectivity index (χ0v) is 12.6. The Morgan fingerprint density at radius 3 is 1.81 bits per heavy atom. The first-order valence-electron chi connectivity index (χ1n) is 7.41. The molecule has 0 amide bonds. The van der Waals surface area contributed by atoms with Crippen LogP contribution in [0.4, 0.5) is 0 Å². The molecule has 3 nitrogen and oxygen atoms in total. The number of benzene rings is 2. The van der Waals surface area contributed by atoms with Crippen molar-refractivity contribution < 1.29 is 5.11 Å². The predicted octanol–water partition coefficient (Wildman–Crippen LogP) is 2.27. The van der Waals surface area contributed by atoms with Gasteiger partial charge in [0.1, 0.15) is 0 Å². The van der Waals surface area contributed by atoms with Crippen LogP contribution in [0.25, 0.3) is 0 Å². The SMILES string of the molecule is CNCC(O)CN(Cc1ccccc1)Cc1ccccc1.